The summed E-state index contributed by atoms with van der Waals surface area (Å²) < 4.78 is 0. The molecular weight excluding hydrogens is 375 g/mol. The largest absolute Gasteiger partial charge is 0.375 e. The van der Waals surface area contributed by atoms with E-state index in [4.69, 9.17) is 0 Å². The number of hydrogen-bond acceptors (Lipinski definition) is 2. The van der Waals surface area contributed by atoms with Gasteiger partial charge in [-0.05, 0) is 31.4 Å². The third-order valence-corrected chi connectivity index (χ3v) is 3.18. The first kappa shape index (κ1) is 20.0. The van der Waals surface area contributed by atoms with Gasteiger partial charge < -0.3 is 15.5 Å². The molecule has 0 radical (unpaired) electrons. The smallest absolute Gasteiger partial charge is 0.190 e. The fourth-order valence-corrected chi connectivity index (χ4v) is 1.96. The normalized spacial score (nSPS) is 10.7. The fraction of sp³-hybridized carbons (Fsp3) is 0.562. The Bertz CT molecular complexity index is 381. The lowest BCUT2D eigenvalue weighted by Gasteiger charge is -2.19. The standard InChI is InChI=1S/C16H28N4.HI/c1-4-12-18-16(17-2)19-13-8-9-14-20(3)15-10-6-5-7-11-15;/h5-7,10-11H,4,8-9,12-14H2,1-3H3,(H2,17,18,19);1H. The molecule has 0 amide bonds. The number of unbranched alkanes of at least 4 members (excludes halogenated alkanes) is 1. The predicted octanol–water partition coefficient (Wildman–Crippen LogP) is 3.10. The molecule has 0 atom stereocenters. The highest BCUT2D eigenvalue weighted by molar-refractivity contribution is 14.0. The maximum atomic E-state index is 4.19. The molecule has 2 N–H and O–H groups in total. The first-order valence-corrected chi connectivity index (χ1v) is 7.48. The van der Waals surface area contributed by atoms with Gasteiger partial charge in [0.05, 0.1) is 0 Å². The Labute approximate surface area is 146 Å². The van der Waals surface area contributed by atoms with E-state index < -0.39 is 0 Å². The molecule has 0 aliphatic heterocycles. The number of rotatable bonds is 8. The zero-order valence-electron chi connectivity index (χ0n) is 13.4. The quantitative estimate of drug-likeness (QED) is 0.303. The molecule has 0 spiro atoms. The van der Waals surface area contributed by atoms with E-state index in [1.807, 2.05) is 7.05 Å². The number of anilines is 1. The number of aliphatic imine (C=N–C) groups is 1. The van der Waals surface area contributed by atoms with E-state index in [9.17, 15) is 0 Å². The van der Waals surface area contributed by atoms with Crippen LogP contribution in [0.5, 0.6) is 0 Å². The number of hydrogen-bond donors (Lipinski definition) is 2. The van der Waals surface area contributed by atoms with Gasteiger partial charge in [0.15, 0.2) is 5.96 Å². The van der Waals surface area contributed by atoms with Gasteiger partial charge in [-0.1, -0.05) is 25.1 Å². The number of para-hydroxylation sites is 1. The second kappa shape index (κ2) is 12.7. The molecule has 0 aromatic heterocycles. The molecule has 21 heavy (non-hydrogen) atoms. The number of nitrogens with one attached hydrogen (secondary N) is 2. The summed E-state index contributed by atoms with van der Waals surface area (Å²) in [6.07, 6.45) is 3.43. The van der Waals surface area contributed by atoms with Crippen molar-refractivity contribution in [2.24, 2.45) is 4.99 Å². The average Bonchev–Trinajstić information content (AvgIpc) is 2.50. The highest BCUT2D eigenvalue weighted by Gasteiger charge is 2.00. The van der Waals surface area contributed by atoms with Crippen LogP contribution >= 0.6 is 24.0 Å². The molecule has 0 bridgehead atoms. The van der Waals surface area contributed by atoms with Gasteiger partial charge in [-0.2, -0.15) is 0 Å². The number of benzene rings is 1. The third kappa shape index (κ3) is 8.80. The topological polar surface area (TPSA) is 39.7 Å². The molecule has 0 saturated heterocycles. The first-order valence-electron chi connectivity index (χ1n) is 7.48. The van der Waals surface area contributed by atoms with Gasteiger partial charge in [0.2, 0.25) is 0 Å². The molecule has 1 aromatic carbocycles. The van der Waals surface area contributed by atoms with Crippen LogP contribution in [-0.4, -0.2) is 39.7 Å². The molecule has 1 aromatic rings. The Morgan fingerprint density at radius 2 is 1.76 bits per heavy atom. The van der Waals surface area contributed by atoms with Gasteiger partial charge in [0.25, 0.3) is 0 Å². The van der Waals surface area contributed by atoms with E-state index in [0.717, 1.165) is 38.4 Å². The van der Waals surface area contributed by atoms with Crippen LogP contribution in [-0.2, 0) is 0 Å². The minimum Gasteiger partial charge on any atom is -0.375 e. The van der Waals surface area contributed by atoms with Crippen LogP contribution in [0.2, 0.25) is 0 Å². The van der Waals surface area contributed by atoms with E-state index in [1.165, 1.54) is 12.1 Å². The van der Waals surface area contributed by atoms with Crippen LogP contribution in [0.25, 0.3) is 0 Å². The van der Waals surface area contributed by atoms with E-state index in [-0.39, 0.29) is 24.0 Å². The Morgan fingerprint density at radius 1 is 1.10 bits per heavy atom. The highest BCUT2D eigenvalue weighted by Crippen LogP contribution is 2.11. The van der Waals surface area contributed by atoms with Crippen LogP contribution in [0.4, 0.5) is 5.69 Å². The zero-order valence-corrected chi connectivity index (χ0v) is 15.8. The Balaban J connectivity index is 0.00000400. The van der Waals surface area contributed by atoms with E-state index in [0.29, 0.717) is 0 Å². The van der Waals surface area contributed by atoms with Crippen molar-refractivity contribution in [1.82, 2.24) is 10.6 Å². The third-order valence-electron chi connectivity index (χ3n) is 3.18. The van der Waals surface area contributed by atoms with E-state index in [1.54, 1.807) is 0 Å². The summed E-state index contributed by atoms with van der Waals surface area (Å²) in [5.41, 5.74) is 1.28. The molecule has 0 fully saturated rings. The monoisotopic (exact) mass is 404 g/mol. The molecule has 0 aliphatic rings. The first-order chi connectivity index (χ1) is 9.77. The Hall–Kier alpha value is -0.980. The van der Waals surface area contributed by atoms with E-state index in [2.05, 4.69) is 64.8 Å². The maximum Gasteiger partial charge on any atom is 0.190 e. The second-order valence-corrected chi connectivity index (χ2v) is 4.89. The Morgan fingerprint density at radius 3 is 2.38 bits per heavy atom. The molecule has 0 saturated carbocycles. The summed E-state index contributed by atoms with van der Waals surface area (Å²) in [7, 11) is 3.96. The minimum atomic E-state index is 0. The zero-order chi connectivity index (χ0) is 14.6. The second-order valence-electron chi connectivity index (χ2n) is 4.89. The molecule has 1 rings (SSSR count). The van der Waals surface area contributed by atoms with Crippen molar-refractivity contribution in [1.29, 1.82) is 0 Å². The van der Waals surface area contributed by atoms with Gasteiger partial charge in [-0.15, -0.1) is 24.0 Å². The number of halogens is 1. The molecular formula is C16H29IN4. The van der Waals surface area contributed by atoms with Crippen LogP contribution in [0.3, 0.4) is 0 Å². The number of nitrogens with zero attached hydrogens (tertiary/aromatic N) is 2. The van der Waals surface area contributed by atoms with Crippen LogP contribution in [0.15, 0.2) is 35.3 Å². The van der Waals surface area contributed by atoms with Gasteiger partial charge in [0.1, 0.15) is 0 Å². The average molecular weight is 404 g/mol. The van der Waals surface area contributed by atoms with Crippen molar-refractivity contribution in [3.63, 3.8) is 0 Å². The molecule has 0 heterocycles. The van der Waals surface area contributed by atoms with Crippen molar-refractivity contribution >= 4 is 35.6 Å². The van der Waals surface area contributed by atoms with Gasteiger partial charge in [-0.3, -0.25) is 4.99 Å². The molecule has 5 heteroatoms. The van der Waals surface area contributed by atoms with Crippen LogP contribution in [0, 0.1) is 0 Å². The molecule has 0 unspecified atom stereocenters. The summed E-state index contributed by atoms with van der Waals surface area (Å²) in [6, 6.07) is 10.5. The van der Waals surface area contributed by atoms with Gasteiger partial charge in [-0.25, -0.2) is 0 Å². The SMILES string of the molecule is CCCNC(=NC)NCCCCN(C)c1ccccc1.I. The lowest BCUT2D eigenvalue weighted by atomic mass is 10.2. The van der Waals surface area contributed by atoms with Crippen molar-refractivity contribution in [3.8, 4) is 0 Å². The minimum absolute atomic E-state index is 0. The lowest BCUT2D eigenvalue weighted by molar-refractivity contribution is 0.685. The van der Waals surface area contributed by atoms with Crippen molar-refractivity contribution in [2.45, 2.75) is 26.2 Å². The lowest BCUT2D eigenvalue weighted by Crippen LogP contribution is -2.38. The van der Waals surface area contributed by atoms with Gasteiger partial charge >= 0.3 is 0 Å². The Kier molecular flexibility index (Phi) is 12.1. The summed E-state index contributed by atoms with van der Waals surface area (Å²) >= 11 is 0. The highest BCUT2D eigenvalue weighted by atomic mass is 127. The predicted molar refractivity (Wildman–Crippen MR) is 104 cm³/mol. The molecule has 120 valence electrons. The van der Waals surface area contributed by atoms with E-state index >= 15 is 0 Å². The molecule has 0 aliphatic carbocycles. The van der Waals surface area contributed by atoms with Crippen LogP contribution < -0.4 is 15.5 Å². The van der Waals surface area contributed by atoms with Crippen molar-refractivity contribution < 1.29 is 0 Å². The van der Waals surface area contributed by atoms with Crippen molar-refractivity contribution in [3.05, 3.63) is 30.3 Å². The summed E-state index contributed by atoms with van der Waals surface area (Å²) in [5, 5.41) is 6.61. The molecule has 4 nitrogen and oxygen atoms in total. The fourth-order valence-electron chi connectivity index (χ4n) is 1.96. The summed E-state index contributed by atoms with van der Waals surface area (Å²) in [6.45, 7) is 5.16. The number of guanidine groups is 1. The van der Waals surface area contributed by atoms with Crippen LogP contribution in [0.1, 0.15) is 26.2 Å². The summed E-state index contributed by atoms with van der Waals surface area (Å²) in [5.74, 6) is 0.906. The van der Waals surface area contributed by atoms with Crippen molar-refractivity contribution in [2.75, 3.05) is 38.6 Å². The maximum absolute atomic E-state index is 4.19. The summed E-state index contributed by atoms with van der Waals surface area (Å²) in [4.78, 5) is 6.49. The van der Waals surface area contributed by atoms with Gasteiger partial charge in [0, 0.05) is 39.4 Å².